The summed E-state index contributed by atoms with van der Waals surface area (Å²) in [6.07, 6.45) is 4.59. The number of rotatable bonds is 4. The number of halogens is 1. The molecule has 0 spiro atoms. The van der Waals surface area contributed by atoms with E-state index in [0.717, 1.165) is 0 Å². The first-order valence-corrected chi connectivity index (χ1v) is 10.1. The van der Waals surface area contributed by atoms with Gasteiger partial charge in [-0.3, -0.25) is 14.6 Å². The van der Waals surface area contributed by atoms with Crippen molar-refractivity contribution in [3.05, 3.63) is 70.8 Å². The molecule has 4 rings (SSSR count). The molecule has 1 saturated heterocycles. The molecule has 1 aliphatic rings. The number of nitrogens with one attached hydrogen (secondary N) is 1. The quantitative estimate of drug-likeness (QED) is 0.695. The van der Waals surface area contributed by atoms with E-state index >= 15 is 0 Å². The summed E-state index contributed by atoms with van der Waals surface area (Å²) in [4.78, 5) is 32.4. The number of hydrogen-bond acceptors (Lipinski definition) is 5. The van der Waals surface area contributed by atoms with E-state index in [1.54, 1.807) is 54.5 Å². The summed E-state index contributed by atoms with van der Waals surface area (Å²) in [5.74, 6) is -0.276. The molecule has 8 nitrogen and oxygen atoms in total. The van der Waals surface area contributed by atoms with Crippen molar-refractivity contribution in [2.24, 2.45) is 0 Å². The van der Waals surface area contributed by atoms with Crippen LogP contribution in [0.5, 0.6) is 0 Å². The second kappa shape index (κ2) is 8.62. The van der Waals surface area contributed by atoms with Gasteiger partial charge in [-0.05, 0) is 50.1 Å². The van der Waals surface area contributed by atoms with Gasteiger partial charge >= 0.3 is 0 Å². The number of carbonyl (C=O) groups excluding carboxylic acids is 2. The fourth-order valence-corrected chi connectivity index (χ4v) is 3.65. The molecule has 0 radical (unpaired) electrons. The largest absolute Gasteiger partial charge is 0.348 e. The van der Waals surface area contributed by atoms with Gasteiger partial charge in [0.05, 0.1) is 11.4 Å². The molecular formula is C21H21ClN6O2. The van der Waals surface area contributed by atoms with Crippen LogP contribution in [0, 0.1) is 6.92 Å². The van der Waals surface area contributed by atoms with Crippen LogP contribution in [0.15, 0.2) is 48.8 Å². The number of carbonyl (C=O) groups is 2. The molecule has 9 heteroatoms. The minimum atomic E-state index is -0.264. The Kier molecular flexibility index (Phi) is 5.76. The lowest BCUT2D eigenvalue weighted by atomic mass is 10.0. The number of aromatic nitrogens is 4. The van der Waals surface area contributed by atoms with Crippen molar-refractivity contribution >= 4 is 23.4 Å². The smallest absolute Gasteiger partial charge is 0.273 e. The van der Waals surface area contributed by atoms with Crippen molar-refractivity contribution in [1.29, 1.82) is 0 Å². The highest BCUT2D eigenvalue weighted by atomic mass is 35.5. The molecule has 1 fully saturated rings. The van der Waals surface area contributed by atoms with Crippen molar-refractivity contribution in [2.45, 2.75) is 25.8 Å². The first-order valence-electron chi connectivity index (χ1n) is 9.71. The maximum absolute atomic E-state index is 12.7. The van der Waals surface area contributed by atoms with Gasteiger partial charge in [0.25, 0.3) is 11.8 Å². The van der Waals surface area contributed by atoms with Gasteiger partial charge in [-0.2, -0.15) is 9.90 Å². The Morgan fingerprint density at radius 2 is 1.83 bits per heavy atom. The van der Waals surface area contributed by atoms with E-state index in [4.69, 9.17) is 11.6 Å². The zero-order valence-corrected chi connectivity index (χ0v) is 17.2. The Balaban J connectivity index is 1.37. The third-order valence-electron chi connectivity index (χ3n) is 5.08. The van der Waals surface area contributed by atoms with Crippen LogP contribution in [0.1, 0.15) is 39.4 Å². The molecular weight excluding hydrogens is 404 g/mol. The zero-order chi connectivity index (χ0) is 21.1. The molecule has 0 unspecified atom stereocenters. The summed E-state index contributed by atoms with van der Waals surface area (Å²) in [7, 11) is 0. The van der Waals surface area contributed by atoms with Crippen LogP contribution >= 0.6 is 11.6 Å². The minimum absolute atomic E-state index is 0.0116. The lowest BCUT2D eigenvalue weighted by Gasteiger charge is -2.32. The van der Waals surface area contributed by atoms with Crippen LogP contribution in [0.25, 0.3) is 5.69 Å². The summed E-state index contributed by atoms with van der Waals surface area (Å²) in [6, 6.07) is 10.5. The summed E-state index contributed by atoms with van der Waals surface area (Å²) >= 11 is 6.03. The second-order valence-corrected chi connectivity index (χ2v) is 7.62. The number of nitrogens with zero attached hydrogens (tertiary/aromatic N) is 5. The highest BCUT2D eigenvalue weighted by Gasteiger charge is 2.26. The van der Waals surface area contributed by atoms with E-state index in [1.165, 1.54) is 4.80 Å². The van der Waals surface area contributed by atoms with Crippen LogP contribution in [0.4, 0.5) is 0 Å². The maximum atomic E-state index is 12.7. The zero-order valence-electron chi connectivity index (χ0n) is 16.5. The lowest BCUT2D eigenvalue weighted by molar-refractivity contribution is 0.0697. The van der Waals surface area contributed by atoms with E-state index in [1.807, 2.05) is 6.07 Å². The van der Waals surface area contributed by atoms with Gasteiger partial charge in [-0.1, -0.05) is 17.7 Å². The molecule has 154 valence electrons. The summed E-state index contributed by atoms with van der Waals surface area (Å²) < 4.78 is 0. The standard InChI is InChI=1S/C21H21ClN6O2/c1-14-19(26-28(25-14)18-4-2-3-16(22)13-18)20(29)24-17-7-11-27(12-8-17)21(30)15-5-9-23-10-6-15/h2-6,9-10,13,17H,7-8,11-12H2,1H3,(H,24,29). The number of aryl methyl sites for hydroxylation is 1. The molecule has 30 heavy (non-hydrogen) atoms. The number of hydrogen-bond donors (Lipinski definition) is 1. The van der Waals surface area contributed by atoms with Crippen LogP contribution < -0.4 is 5.32 Å². The minimum Gasteiger partial charge on any atom is -0.348 e. The summed E-state index contributed by atoms with van der Waals surface area (Å²) in [5.41, 5.74) is 2.14. The Morgan fingerprint density at radius 1 is 1.10 bits per heavy atom. The molecule has 2 amide bonds. The first kappa shape index (κ1) is 20.0. The summed E-state index contributed by atoms with van der Waals surface area (Å²) in [6.45, 7) is 2.92. The maximum Gasteiger partial charge on any atom is 0.273 e. The number of amides is 2. The highest BCUT2D eigenvalue weighted by molar-refractivity contribution is 6.30. The molecule has 1 aromatic carbocycles. The van der Waals surface area contributed by atoms with Crippen LogP contribution in [-0.2, 0) is 0 Å². The van der Waals surface area contributed by atoms with Crippen LogP contribution in [0.3, 0.4) is 0 Å². The number of piperidine rings is 1. The molecule has 3 heterocycles. The van der Waals surface area contributed by atoms with E-state index < -0.39 is 0 Å². The fourth-order valence-electron chi connectivity index (χ4n) is 3.46. The van der Waals surface area contributed by atoms with E-state index in [2.05, 4.69) is 20.5 Å². The molecule has 1 aliphatic heterocycles. The molecule has 1 N–H and O–H groups in total. The average Bonchev–Trinajstić information content (AvgIpc) is 3.16. The van der Waals surface area contributed by atoms with Gasteiger partial charge in [0.15, 0.2) is 5.69 Å². The van der Waals surface area contributed by atoms with Crippen molar-refractivity contribution in [3.8, 4) is 5.69 Å². The van der Waals surface area contributed by atoms with Crippen molar-refractivity contribution in [1.82, 2.24) is 30.2 Å². The van der Waals surface area contributed by atoms with Crippen LogP contribution in [0.2, 0.25) is 5.02 Å². The van der Waals surface area contributed by atoms with E-state index in [0.29, 0.717) is 47.9 Å². The Labute approximate surface area is 178 Å². The van der Waals surface area contributed by atoms with Crippen molar-refractivity contribution in [2.75, 3.05) is 13.1 Å². The monoisotopic (exact) mass is 424 g/mol. The molecule has 0 atom stereocenters. The highest BCUT2D eigenvalue weighted by Crippen LogP contribution is 2.16. The van der Waals surface area contributed by atoms with Gasteiger partial charge in [0, 0.05) is 42.1 Å². The molecule has 0 aliphatic carbocycles. The van der Waals surface area contributed by atoms with Crippen molar-refractivity contribution in [3.63, 3.8) is 0 Å². The average molecular weight is 425 g/mol. The first-order chi connectivity index (χ1) is 14.5. The number of likely N-dealkylation sites (tertiary alicyclic amines) is 1. The number of pyridine rings is 1. The lowest BCUT2D eigenvalue weighted by Crippen LogP contribution is -2.46. The second-order valence-electron chi connectivity index (χ2n) is 7.18. The van der Waals surface area contributed by atoms with Gasteiger partial charge in [0.2, 0.25) is 0 Å². The Hall–Kier alpha value is -3.26. The molecule has 0 bridgehead atoms. The third-order valence-corrected chi connectivity index (χ3v) is 5.32. The molecule has 3 aromatic rings. The van der Waals surface area contributed by atoms with E-state index in [9.17, 15) is 9.59 Å². The van der Waals surface area contributed by atoms with Gasteiger partial charge in [-0.15, -0.1) is 5.10 Å². The van der Waals surface area contributed by atoms with Crippen LogP contribution in [-0.4, -0.2) is 55.8 Å². The van der Waals surface area contributed by atoms with E-state index in [-0.39, 0.29) is 23.6 Å². The Morgan fingerprint density at radius 3 is 2.53 bits per heavy atom. The van der Waals surface area contributed by atoms with Gasteiger partial charge < -0.3 is 10.2 Å². The van der Waals surface area contributed by atoms with Gasteiger partial charge in [0.1, 0.15) is 0 Å². The summed E-state index contributed by atoms with van der Waals surface area (Å²) in [5, 5.41) is 12.3. The predicted molar refractivity (Wildman–Crippen MR) is 112 cm³/mol. The molecule has 2 aromatic heterocycles. The van der Waals surface area contributed by atoms with Gasteiger partial charge in [-0.25, -0.2) is 0 Å². The SMILES string of the molecule is Cc1nn(-c2cccc(Cl)c2)nc1C(=O)NC1CCN(C(=O)c2ccncc2)CC1. The normalized spacial score (nSPS) is 14.5. The Bertz CT molecular complexity index is 1060. The fraction of sp³-hybridized carbons (Fsp3) is 0.286. The topological polar surface area (TPSA) is 93.0 Å². The number of benzene rings is 1. The van der Waals surface area contributed by atoms with Crippen molar-refractivity contribution < 1.29 is 9.59 Å². The molecule has 0 saturated carbocycles. The third kappa shape index (κ3) is 4.33. The predicted octanol–water partition coefficient (Wildman–Crippen LogP) is 2.66.